The summed E-state index contributed by atoms with van der Waals surface area (Å²) in [4.78, 5) is 4.41. The molecule has 2 aromatic rings. The highest BCUT2D eigenvalue weighted by molar-refractivity contribution is 5.70. The second kappa shape index (κ2) is 5.03. The molecule has 5 heteroatoms. The molecule has 1 aromatic carbocycles. The van der Waals surface area contributed by atoms with Crippen molar-refractivity contribution in [3.8, 4) is 17.0 Å². The zero-order valence-corrected chi connectivity index (χ0v) is 10.2. The van der Waals surface area contributed by atoms with Gasteiger partial charge in [0.25, 0.3) is 0 Å². The number of anilines is 1. The molecule has 0 bridgehead atoms. The Hall–Kier alpha value is -2.11. The van der Waals surface area contributed by atoms with Crippen LogP contribution in [0.1, 0.15) is 5.69 Å². The predicted octanol–water partition coefficient (Wildman–Crippen LogP) is 2.65. The van der Waals surface area contributed by atoms with Crippen molar-refractivity contribution in [2.45, 2.75) is 6.92 Å². The lowest BCUT2D eigenvalue weighted by Gasteiger charge is -2.12. The van der Waals surface area contributed by atoms with Gasteiger partial charge in [-0.1, -0.05) is 12.1 Å². The highest BCUT2D eigenvalue weighted by atomic mass is 16.8. The first-order valence-corrected chi connectivity index (χ1v) is 5.42. The summed E-state index contributed by atoms with van der Waals surface area (Å²) in [6.45, 7) is 1.89. The number of hydrogen-bond donors (Lipinski definition) is 2. The van der Waals surface area contributed by atoms with Gasteiger partial charge in [-0.3, -0.25) is 10.4 Å². The minimum absolute atomic E-state index is 0.0752. The molecule has 94 valence electrons. The van der Waals surface area contributed by atoms with Crippen molar-refractivity contribution in [2.24, 2.45) is 0 Å². The van der Waals surface area contributed by atoms with E-state index in [9.17, 15) is 0 Å². The van der Waals surface area contributed by atoms with E-state index >= 15 is 0 Å². The number of pyridine rings is 1. The van der Waals surface area contributed by atoms with Gasteiger partial charge in [0.15, 0.2) is 0 Å². The van der Waals surface area contributed by atoms with Crippen molar-refractivity contribution >= 4 is 5.69 Å². The van der Waals surface area contributed by atoms with Gasteiger partial charge in [0.2, 0.25) is 0 Å². The number of ether oxygens (including phenoxy) is 1. The summed E-state index contributed by atoms with van der Waals surface area (Å²) in [5.41, 5.74) is 2.54. The van der Waals surface area contributed by atoms with Crippen molar-refractivity contribution in [3.05, 3.63) is 42.1 Å². The lowest BCUT2D eigenvalue weighted by Crippen LogP contribution is -2.10. The Bertz CT molecular complexity index is 556. The molecule has 0 atom stereocenters. The Labute approximate surface area is 105 Å². The minimum atomic E-state index is 0.0752. The van der Waals surface area contributed by atoms with Crippen LogP contribution in [0.2, 0.25) is 0 Å². The highest BCUT2D eigenvalue weighted by Gasteiger charge is 2.09. The molecule has 0 aliphatic carbocycles. The number of methoxy groups -OCH3 is 1. The molecule has 0 saturated carbocycles. The van der Waals surface area contributed by atoms with Gasteiger partial charge in [-0.2, -0.15) is 0 Å². The smallest absolute Gasteiger partial charge is 0.145 e. The Morgan fingerprint density at radius 1 is 1.17 bits per heavy atom. The number of rotatable bonds is 3. The van der Waals surface area contributed by atoms with Crippen molar-refractivity contribution in [1.82, 2.24) is 4.98 Å². The largest absolute Gasteiger partial charge is 0.494 e. The first kappa shape index (κ1) is 12.3. The number of nitrogens with zero attached hydrogens (tertiary/aromatic N) is 2. The predicted molar refractivity (Wildman–Crippen MR) is 67.0 cm³/mol. The molecule has 0 aliphatic heterocycles. The summed E-state index contributed by atoms with van der Waals surface area (Å²) in [6, 6.07) is 10.4. The van der Waals surface area contributed by atoms with Crippen molar-refractivity contribution < 1.29 is 15.2 Å². The SMILES string of the molecule is COc1ccc(C)nc1-c1cccc(N(O)O)c1. The van der Waals surface area contributed by atoms with Gasteiger partial charge >= 0.3 is 0 Å². The Kier molecular flexibility index (Phi) is 3.45. The van der Waals surface area contributed by atoms with E-state index in [-0.39, 0.29) is 10.9 Å². The molecule has 0 spiro atoms. The summed E-state index contributed by atoms with van der Waals surface area (Å²) in [5.74, 6) is 0.639. The van der Waals surface area contributed by atoms with Crippen molar-refractivity contribution in [3.63, 3.8) is 0 Å². The van der Waals surface area contributed by atoms with E-state index < -0.39 is 0 Å². The molecule has 0 aliphatic rings. The third-order valence-electron chi connectivity index (χ3n) is 2.57. The van der Waals surface area contributed by atoms with E-state index in [1.54, 1.807) is 25.3 Å². The topological polar surface area (TPSA) is 65.8 Å². The second-order valence-electron chi connectivity index (χ2n) is 3.84. The standard InChI is InChI=1S/C13H14N2O3/c1-9-6-7-12(18-2)13(14-9)10-4-3-5-11(8-10)15(16)17/h3-8,16-17H,1-2H3. The Balaban J connectivity index is 2.54. The number of hydrogen-bond acceptors (Lipinski definition) is 5. The average molecular weight is 246 g/mol. The van der Waals surface area contributed by atoms with Crippen LogP contribution in [-0.4, -0.2) is 22.5 Å². The van der Waals surface area contributed by atoms with Gasteiger partial charge in [0.05, 0.1) is 12.8 Å². The van der Waals surface area contributed by atoms with E-state index in [0.29, 0.717) is 11.4 Å². The van der Waals surface area contributed by atoms with Crippen molar-refractivity contribution in [1.29, 1.82) is 0 Å². The van der Waals surface area contributed by atoms with E-state index in [2.05, 4.69) is 4.98 Å². The summed E-state index contributed by atoms with van der Waals surface area (Å²) in [5, 5.41) is 18.1. The van der Waals surface area contributed by atoms with Gasteiger partial charge in [-0.25, -0.2) is 4.98 Å². The maximum absolute atomic E-state index is 9.01. The maximum Gasteiger partial charge on any atom is 0.145 e. The molecule has 1 aromatic heterocycles. The maximum atomic E-state index is 9.01. The van der Waals surface area contributed by atoms with E-state index in [1.165, 1.54) is 0 Å². The quantitative estimate of drug-likeness (QED) is 0.815. The van der Waals surface area contributed by atoms with Gasteiger partial charge < -0.3 is 4.74 Å². The zero-order valence-electron chi connectivity index (χ0n) is 10.2. The molecule has 2 N–H and O–H groups in total. The van der Waals surface area contributed by atoms with Crippen LogP contribution < -0.4 is 9.96 Å². The molecular weight excluding hydrogens is 232 g/mol. The molecule has 0 amide bonds. The zero-order chi connectivity index (χ0) is 13.1. The summed E-state index contributed by atoms with van der Waals surface area (Å²) < 4.78 is 5.25. The van der Waals surface area contributed by atoms with Crippen molar-refractivity contribution in [2.75, 3.05) is 12.3 Å². The van der Waals surface area contributed by atoms with Crippen LogP contribution in [0.3, 0.4) is 0 Å². The van der Waals surface area contributed by atoms with Crippen LogP contribution in [-0.2, 0) is 0 Å². The van der Waals surface area contributed by atoms with Gasteiger partial charge in [-0.15, -0.1) is 5.23 Å². The third kappa shape index (κ3) is 2.42. The molecule has 2 rings (SSSR count). The van der Waals surface area contributed by atoms with Crippen LogP contribution in [0.25, 0.3) is 11.3 Å². The van der Waals surface area contributed by atoms with Crippen LogP contribution in [0, 0.1) is 6.92 Å². The Morgan fingerprint density at radius 3 is 2.61 bits per heavy atom. The van der Waals surface area contributed by atoms with Gasteiger partial charge in [0.1, 0.15) is 11.4 Å². The van der Waals surface area contributed by atoms with E-state index in [1.807, 2.05) is 25.1 Å². The summed E-state index contributed by atoms with van der Waals surface area (Å²) in [7, 11) is 1.57. The molecular formula is C13H14N2O3. The fraction of sp³-hybridized carbons (Fsp3) is 0.154. The fourth-order valence-corrected chi connectivity index (χ4v) is 1.69. The van der Waals surface area contributed by atoms with Crippen LogP contribution in [0.4, 0.5) is 5.69 Å². The highest BCUT2D eigenvalue weighted by Crippen LogP contribution is 2.30. The molecule has 5 nitrogen and oxygen atoms in total. The molecule has 0 unspecified atom stereocenters. The first-order valence-electron chi connectivity index (χ1n) is 5.42. The first-order chi connectivity index (χ1) is 8.61. The molecule has 0 saturated heterocycles. The second-order valence-corrected chi connectivity index (χ2v) is 3.84. The lowest BCUT2D eigenvalue weighted by atomic mass is 10.1. The fourth-order valence-electron chi connectivity index (χ4n) is 1.69. The number of benzene rings is 1. The number of aromatic nitrogens is 1. The normalized spacial score (nSPS) is 10.2. The molecule has 0 radical (unpaired) electrons. The number of aryl methyl sites for hydroxylation is 1. The molecule has 1 heterocycles. The van der Waals surface area contributed by atoms with E-state index in [4.69, 9.17) is 15.2 Å². The van der Waals surface area contributed by atoms with E-state index in [0.717, 1.165) is 11.3 Å². The Morgan fingerprint density at radius 2 is 1.94 bits per heavy atom. The molecule has 0 fully saturated rings. The van der Waals surface area contributed by atoms with Crippen LogP contribution in [0.15, 0.2) is 36.4 Å². The summed E-state index contributed by atoms with van der Waals surface area (Å²) >= 11 is 0. The summed E-state index contributed by atoms with van der Waals surface area (Å²) in [6.07, 6.45) is 0. The average Bonchev–Trinajstić information content (AvgIpc) is 2.39. The minimum Gasteiger partial charge on any atom is -0.494 e. The lowest BCUT2D eigenvalue weighted by molar-refractivity contribution is 0.0292. The van der Waals surface area contributed by atoms with Gasteiger partial charge in [-0.05, 0) is 31.2 Å². The monoisotopic (exact) mass is 246 g/mol. The van der Waals surface area contributed by atoms with Gasteiger partial charge in [0, 0.05) is 11.3 Å². The van der Waals surface area contributed by atoms with Crippen LogP contribution >= 0.6 is 0 Å². The van der Waals surface area contributed by atoms with Crippen LogP contribution in [0.5, 0.6) is 5.75 Å². The third-order valence-corrected chi connectivity index (χ3v) is 2.57. The molecule has 18 heavy (non-hydrogen) atoms.